The first-order valence-corrected chi connectivity index (χ1v) is 7.35. The maximum absolute atomic E-state index is 12.6. The van der Waals surface area contributed by atoms with Gasteiger partial charge >= 0.3 is 0 Å². The minimum Gasteiger partial charge on any atom is -0.390 e. The fourth-order valence-corrected chi connectivity index (χ4v) is 2.90. The number of aromatic nitrogens is 1. The van der Waals surface area contributed by atoms with Gasteiger partial charge in [-0.3, -0.25) is 4.79 Å². The van der Waals surface area contributed by atoms with Gasteiger partial charge in [0.2, 0.25) is 0 Å². The third kappa shape index (κ3) is 3.05. The Labute approximate surface area is 128 Å². The van der Waals surface area contributed by atoms with Gasteiger partial charge in [-0.2, -0.15) is 0 Å². The molecule has 5 nitrogen and oxygen atoms in total. The zero-order valence-corrected chi connectivity index (χ0v) is 12.6. The standard InChI is InChI=1S/C15H18ClN3O2/c1-18-4-5-19(9-12(20)8-18)15(21)14-7-10-6-11(16)2-3-13(10)17-14/h2-3,6-7,12,17,20H,4-5,8-9H2,1H3/t12-/m0/s1. The first-order valence-electron chi connectivity index (χ1n) is 6.97. The number of rotatable bonds is 1. The summed E-state index contributed by atoms with van der Waals surface area (Å²) >= 11 is 5.97. The SMILES string of the molecule is CN1CCN(C(=O)c2cc3cc(Cl)ccc3[nH]2)C[C@@H](O)C1. The molecular weight excluding hydrogens is 290 g/mol. The van der Waals surface area contributed by atoms with Gasteiger partial charge in [-0.15, -0.1) is 0 Å². The summed E-state index contributed by atoms with van der Waals surface area (Å²) in [4.78, 5) is 19.4. The van der Waals surface area contributed by atoms with Gasteiger partial charge in [0.25, 0.3) is 5.91 Å². The van der Waals surface area contributed by atoms with Crippen molar-refractivity contribution in [2.24, 2.45) is 0 Å². The fraction of sp³-hybridized carbons (Fsp3) is 0.400. The number of benzene rings is 1. The molecule has 2 heterocycles. The number of aliphatic hydroxyl groups excluding tert-OH is 1. The molecule has 0 aliphatic carbocycles. The maximum Gasteiger partial charge on any atom is 0.270 e. The van der Waals surface area contributed by atoms with Crippen molar-refractivity contribution in [2.45, 2.75) is 6.10 Å². The summed E-state index contributed by atoms with van der Waals surface area (Å²) in [5, 5.41) is 11.5. The van der Waals surface area contributed by atoms with Gasteiger partial charge in [-0.25, -0.2) is 0 Å². The predicted octanol–water partition coefficient (Wildman–Crippen LogP) is 1.57. The Balaban J connectivity index is 1.85. The molecule has 0 spiro atoms. The molecule has 1 fully saturated rings. The quantitative estimate of drug-likeness (QED) is 0.841. The summed E-state index contributed by atoms with van der Waals surface area (Å²) < 4.78 is 0. The second kappa shape index (κ2) is 5.67. The van der Waals surface area contributed by atoms with Gasteiger partial charge in [-0.05, 0) is 31.3 Å². The van der Waals surface area contributed by atoms with Crippen molar-refractivity contribution in [1.29, 1.82) is 0 Å². The normalized spacial score (nSPS) is 20.7. The minimum absolute atomic E-state index is 0.0864. The second-order valence-corrected chi connectivity index (χ2v) is 6.02. The monoisotopic (exact) mass is 307 g/mol. The molecule has 0 radical (unpaired) electrons. The number of β-amino-alcohol motifs (C(OH)–C–C–N with tert-alkyl or cyclic N) is 1. The van der Waals surface area contributed by atoms with Crippen LogP contribution in [0.5, 0.6) is 0 Å². The largest absolute Gasteiger partial charge is 0.390 e. The summed E-state index contributed by atoms with van der Waals surface area (Å²) in [5.74, 6) is -0.0864. The second-order valence-electron chi connectivity index (χ2n) is 5.58. The molecule has 0 bridgehead atoms. The van der Waals surface area contributed by atoms with E-state index in [0.29, 0.717) is 30.4 Å². The molecule has 6 heteroatoms. The van der Waals surface area contributed by atoms with Gasteiger partial charge in [0, 0.05) is 42.1 Å². The minimum atomic E-state index is -0.514. The smallest absolute Gasteiger partial charge is 0.270 e. The molecule has 1 aliphatic heterocycles. The molecule has 1 aliphatic rings. The number of H-pyrrole nitrogens is 1. The molecule has 1 aromatic heterocycles. The topological polar surface area (TPSA) is 59.6 Å². The van der Waals surface area contributed by atoms with E-state index in [0.717, 1.165) is 17.4 Å². The number of hydrogen-bond acceptors (Lipinski definition) is 3. The van der Waals surface area contributed by atoms with E-state index in [-0.39, 0.29) is 5.91 Å². The molecule has 1 aromatic carbocycles. The maximum atomic E-state index is 12.6. The Bertz CT molecular complexity index is 670. The number of aromatic amines is 1. The van der Waals surface area contributed by atoms with Crippen LogP contribution in [0.4, 0.5) is 0 Å². The Kier molecular flexibility index (Phi) is 3.89. The van der Waals surface area contributed by atoms with Crippen molar-refractivity contribution in [3.8, 4) is 0 Å². The number of nitrogens with zero attached hydrogens (tertiary/aromatic N) is 2. The number of aliphatic hydroxyl groups is 1. The average molecular weight is 308 g/mol. The lowest BCUT2D eigenvalue weighted by Crippen LogP contribution is -2.37. The van der Waals surface area contributed by atoms with Crippen molar-refractivity contribution in [1.82, 2.24) is 14.8 Å². The lowest BCUT2D eigenvalue weighted by atomic mass is 10.2. The molecular formula is C15H18ClN3O2. The Morgan fingerprint density at radius 1 is 1.33 bits per heavy atom. The van der Waals surface area contributed by atoms with Gasteiger partial charge in [0.1, 0.15) is 5.69 Å². The third-order valence-corrected chi connectivity index (χ3v) is 4.04. The van der Waals surface area contributed by atoms with E-state index in [4.69, 9.17) is 11.6 Å². The number of hydrogen-bond donors (Lipinski definition) is 2. The third-order valence-electron chi connectivity index (χ3n) is 3.81. The van der Waals surface area contributed by atoms with Crippen LogP contribution in [0.25, 0.3) is 10.9 Å². The van der Waals surface area contributed by atoms with E-state index in [1.165, 1.54) is 0 Å². The fourth-order valence-electron chi connectivity index (χ4n) is 2.72. The highest BCUT2D eigenvalue weighted by molar-refractivity contribution is 6.31. The van der Waals surface area contributed by atoms with Crippen molar-refractivity contribution in [3.05, 3.63) is 35.0 Å². The number of likely N-dealkylation sites (N-methyl/N-ethyl adjacent to an activating group) is 1. The zero-order chi connectivity index (χ0) is 15.0. The lowest BCUT2D eigenvalue weighted by molar-refractivity contribution is 0.0662. The zero-order valence-electron chi connectivity index (χ0n) is 11.8. The number of carbonyl (C=O) groups is 1. The molecule has 3 rings (SSSR count). The van der Waals surface area contributed by atoms with Crippen molar-refractivity contribution in [2.75, 3.05) is 33.2 Å². The predicted molar refractivity (Wildman–Crippen MR) is 82.7 cm³/mol. The van der Waals surface area contributed by atoms with Crippen molar-refractivity contribution in [3.63, 3.8) is 0 Å². The number of nitrogens with one attached hydrogen (secondary N) is 1. The van der Waals surface area contributed by atoms with E-state index in [1.807, 2.05) is 30.1 Å². The van der Waals surface area contributed by atoms with Crippen molar-refractivity contribution < 1.29 is 9.90 Å². The Hall–Kier alpha value is -1.56. The molecule has 2 N–H and O–H groups in total. The summed E-state index contributed by atoms with van der Waals surface area (Å²) in [5.41, 5.74) is 1.42. The van der Waals surface area contributed by atoms with Gasteiger partial charge in [-0.1, -0.05) is 11.6 Å². The molecule has 1 amide bonds. The van der Waals surface area contributed by atoms with Crippen LogP contribution in [0.2, 0.25) is 5.02 Å². The van der Waals surface area contributed by atoms with Crippen LogP contribution in [-0.2, 0) is 0 Å². The van der Waals surface area contributed by atoms with Crippen LogP contribution in [0.15, 0.2) is 24.3 Å². The highest BCUT2D eigenvalue weighted by Gasteiger charge is 2.24. The first kappa shape index (κ1) is 14.4. The number of fused-ring (bicyclic) bond motifs is 1. The number of carbonyl (C=O) groups excluding carboxylic acids is 1. The highest BCUT2D eigenvalue weighted by atomic mass is 35.5. The Morgan fingerprint density at radius 3 is 2.95 bits per heavy atom. The Morgan fingerprint density at radius 2 is 2.14 bits per heavy atom. The molecule has 0 unspecified atom stereocenters. The molecule has 2 aromatic rings. The van der Waals surface area contributed by atoms with E-state index in [9.17, 15) is 9.90 Å². The van der Waals surface area contributed by atoms with Crippen LogP contribution < -0.4 is 0 Å². The van der Waals surface area contributed by atoms with Gasteiger partial charge in [0.05, 0.1) is 6.10 Å². The summed E-state index contributed by atoms with van der Waals surface area (Å²) in [6.45, 7) is 2.32. The van der Waals surface area contributed by atoms with Crippen LogP contribution in [0.1, 0.15) is 10.5 Å². The van der Waals surface area contributed by atoms with Gasteiger partial charge < -0.3 is 19.9 Å². The summed E-state index contributed by atoms with van der Waals surface area (Å²) in [7, 11) is 1.95. The molecule has 0 saturated carbocycles. The van der Waals surface area contributed by atoms with Crippen LogP contribution in [-0.4, -0.2) is 65.1 Å². The van der Waals surface area contributed by atoms with E-state index in [1.54, 1.807) is 11.0 Å². The molecule has 112 valence electrons. The van der Waals surface area contributed by atoms with E-state index >= 15 is 0 Å². The highest BCUT2D eigenvalue weighted by Crippen LogP contribution is 2.21. The average Bonchev–Trinajstić information content (AvgIpc) is 2.77. The van der Waals surface area contributed by atoms with E-state index in [2.05, 4.69) is 4.98 Å². The van der Waals surface area contributed by atoms with Crippen LogP contribution >= 0.6 is 11.6 Å². The first-order chi connectivity index (χ1) is 10.0. The van der Waals surface area contributed by atoms with Gasteiger partial charge in [0.15, 0.2) is 0 Å². The summed E-state index contributed by atoms with van der Waals surface area (Å²) in [6, 6.07) is 7.29. The van der Waals surface area contributed by atoms with Crippen LogP contribution in [0.3, 0.4) is 0 Å². The number of amides is 1. The van der Waals surface area contributed by atoms with Crippen molar-refractivity contribution >= 4 is 28.4 Å². The summed E-state index contributed by atoms with van der Waals surface area (Å²) in [6.07, 6.45) is -0.514. The van der Waals surface area contributed by atoms with E-state index < -0.39 is 6.10 Å². The lowest BCUT2D eigenvalue weighted by Gasteiger charge is -2.20. The van der Waals surface area contributed by atoms with Crippen LogP contribution in [0, 0.1) is 0 Å². The molecule has 1 saturated heterocycles. The molecule has 21 heavy (non-hydrogen) atoms. The number of halogens is 1. The molecule has 1 atom stereocenters.